The Hall–Kier alpha value is -1.58. The van der Waals surface area contributed by atoms with E-state index in [4.69, 9.17) is 12.8 Å². The highest BCUT2D eigenvalue weighted by atomic mass is 14.0. The molecule has 0 atom stereocenters. The molecule has 0 heteroatoms. The molecule has 0 saturated heterocycles. The third kappa shape index (κ3) is 16.4. The van der Waals surface area contributed by atoms with Crippen molar-refractivity contribution in [2.75, 3.05) is 0 Å². The Morgan fingerprint density at radius 1 is 0.650 bits per heavy atom. The Kier molecular flexibility index (Phi) is 16.0. The lowest BCUT2D eigenvalue weighted by Gasteiger charge is -1.99. The van der Waals surface area contributed by atoms with Crippen LogP contribution in [0.15, 0.2) is 12.2 Å². The molecule has 0 amide bonds. The average molecular weight is 268 g/mol. The van der Waals surface area contributed by atoms with E-state index in [-0.39, 0.29) is 0 Å². The molecular weight excluding hydrogens is 240 g/mol. The lowest BCUT2D eigenvalue weighted by molar-refractivity contribution is 0.587. The molecule has 0 saturated carbocycles. The van der Waals surface area contributed by atoms with E-state index in [1.54, 1.807) is 6.08 Å². The summed E-state index contributed by atoms with van der Waals surface area (Å²) in [6.45, 7) is 0. The molecule has 0 heterocycles. The van der Waals surface area contributed by atoms with Crippen LogP contribution in [0.4, 0.5) is 0 Å². The number of allylic oxidation sites excluding steroid dienone is 2. The fourth-order valence-electron chi connectivity index (χ4n) is 1.96. The summed E-state index contributed by atoms with van der Waals surface area (Å²) >= 11 is 0. The minimum Gasteiger partial charge on any atom is -0.120 e. The van der Waals surface area contributed by atoms with Crippen molar-refractivity contribution < 1.29 is 0 Å². The molecule has 0 aromatic rings. The summed E-state index contributed by atoms with van der Waals surface area (Å²) in [5.41, 5.74) is 0. The van der Waals surface area contributed by atoms with Crippen LogP contribution in [-0.4, -0.2) is 0 Å². The highest BCUT2D eigenvalue weighted by molar-refractivity contribution is 5.08. The van der Waals surface area contributed by atoms with Crippen LogP contribution in [0.3, 0.4) is 0 Å². The van der Waals surface area contributed by atoms with Crippen molar-refractivity contribution in [1.82, 2.24) is 0 Å². The molecular formula is C20H28. The van der Waals surface area contributed by atoms with Gasteiger partial charge in [-0.05, 0) is 31.8 Å². The smallest absolute Gasteiger partial charge is 0.00916 e. The number of hydrogen-bond acceptors (Lipinski definition) is 0. The second kappa shape index (κ2) is 17.4. The fraction of sp³-hybridized carbons (Fsp3) is 0.600. The zero-order valence-electron chi connectivity index (χ0n) is 12.8. The third-order valence-electron chi connectivity index (χ3n) is 3.13. The highest BCUT2D eigenvalue weighted by Gasteiger charge is 1.90. The van der Waals surface area contributed by atoms with Gasteiger partial charge in [0.05, 0.1) is 0 Å². The van der Waals surface area contributed by atoms with Crippen molar-refractivity contribution in [2.24, 2.45) is 0 Å². The van der Waals surface area contributed by atoms with E-state index >= 15 is 0 Å². The quantitative estimate of drug-likeness (QED) is 0.343. The first-order chi connectivity index (χ1) is 9.91. The Labute approximate surface area is 126 Å². The molecule has 0 spiro atoms. The molecule has 0 aromatic heterocycles. The first kappa shape index (κ1) is 18.4. The van der Waals surface area contributed by atoms with Crippen molar-refractivity contribution in [3.63, 3.8) is 0 Å². The van der Waals surface area contributed by atoms with E-state index in [0.717, 1.165) is 32.1 Å². The lowest BCUT2D eigenvalue weighted by Crippen LogP contribution is -1.80. The molecule has 20 heavy (non-hydrogen) atoms. The second-order valence-electron chi connectivity index (χ2n) is 4.99. The van der Waals surface area contributed by atoms with E-state index in [1.165, 1.54) is 44.9 Å². The third-order valence-corrected chi connectivity index (χ3v) is 3.13. The standard InChI is InChI=1S/C20H28/c1-3-5-7-9-11-13-15-17-19-20-18-16-14-12-10-8-6-4-2/h1-2,5,7H,6,8-14,16,18-20H2. The van der Waals surface area contributed by atoms with E-state index in [0.29, 0.717) is 0 Å². The number of rotatable bonds is 11. The maximum atomic E-state index is 5.22. The average Bonchev–Trinajstić information content (AvgIpc) is 2.47. The zero-order chi connectivity index (χ0) is 14.7. The van der Waals surface area contributed by atoms with Gasteiger partial charge in [-0.2, -0.15) is 0 Å². The van der Waals surface area contributed by atoms with Crippen molar-refractivity contribution in [2.45, 2.75) is 77.0 Å². The number of unbranched alkanes of at least 4 members (excludes halogenated alkanes) is 10. The summed E-state index contributed by atoms with van der Waals surface area (Å²) < 4.78 is 0. The summed E-state index contributed by atoms with van der Waals surface area (Å²) in [6, 6.07) is 0. The molecule has 0 aliphatic rings. The van der Waals surface area contributed by atoms with Gasteiger partial charge in [0.15, 0.2) is 0 Å². The van der Waals surface area contributed by atoms with Gasteiger partial charge in [-0.3, -0.25) is 0 Å². The summed E-state index contributed by atoms with van der Waals surface area (Å²) in [5.74, 6) is 11.7. The lowest BCUT2D eigenvalue weighted by atomic mass is 10.1. The van der Waals surface area contributed by atoms with E-state index in [1.807, 2.05) is 6.08 Å². The molecule has 0 aliphatic carbocycles. The Morgan fingerprint density at radius 3 is 1.80 bits per heavy atom. The summed E-state index contributed by atoms with van der Waals surface area (Å²) in [7, 11) is 0. The molecule has 108 valence electrons. The molecule has 0 bridgehead atoms. The van der Waals surface area contributed by atoms with Gasteiger partial charge in [-0.25, -0.2) is 0 Å². The summed E-state index contributed by atoms with van der Waals surface area (Å²) in [4.78, 5) is 0. The van der Waals surface area contributed by atoms with Crippen molar-refractivity contribution >= 4 is 0 Å². The molecule has 0 fully saturated rings. The molecule has 0 N–H and O–H groups in total. The van der Waals surface area contributed by atoms with Gasteiger partial charge in [-0.1, -0.05) is 44.1 Å². The van der Waals surface area contributed by atoms with Gasteiger partial charge >= 0.3 is 0 Å². The second-order valence-corrected chi connectivity index (χ2v) is 4.99. The molecule has 0 nitrogen and oxygen atoms in total. The van der Waals surface area contributed by atoms with Crippen LogP contribution in [0.25, 0.3) is 0 Å². The van der Waals surface area contributed by atoms with Gasteiger partial charge in [0.1, 0.15) is 0 Å². The van der Waals surface area contributed by atoms with Crippen molar-refractivity contribution in [3.8, 4) is 36.5 Å². The Balaban J connectivity index is 3.15. The van der Waals surface area contributed by atoms with Crippen molar-refractivity contribution in [3.05, 3.63) is 12.2 Å². The van der Waals surface area contributed by atoms with Gasteiger partial charge < -0.3 is 0 Å². The van der Waals surface area contributed by atoms with Gasteiger partial charge in [0, 0.05) is 19.3 Å². The first-order valence-corrected chi connectivity index (χ1v) is 7.92. The normalized spacial score (nSPS) is 9.70. The van der Waals surface area contributed by atoms with Crippen LogP contribution in [0.1, 0.15) is 77.0 Å². The SMILES string of the molecule is C#CC=CCCCC#CCCCCCCCCCC#C. The highest BCUT2D eigenvalue weighted by Crippen LogP contribution is 2.09. The van der Waals surface area contributed by atoms with Crippen LogP contribution < -0.4 is 0 Å². The van der Waals surface area contributed by atoms with Crippen LogP contribution in [-0.2, 0) is 0 Å². The van der Waals surface area contributed by atoms with E-state index < -0.39 is 0 Å². The fourth-order valence-corrected chi connectivity index (χ4v) is 1.96. The molecule has 0 rings (SSSR count). The minimum absolute atomic E-state index is 0.939. The van der Waals surface area contributed by atoms with Gasteiger partial charge in [0.2, 0.25) is 0 Å². The minimum atomic E-state index is 0.939. The molecule has 0 unspecified atom stereocenters. The monoisotopic (exact) mass is 268 g/mol. The van der Waals surface area contributed by atoms with Crippen LogP contribution >= 0.6 is 0 Å². The zero-order valence-corrected chi connectivity index (χ0v) is 12.8. The molecule has 0 aromatic carbocycles. The molecule has 0 aliphatic heterocycles. The first-order valence-electron chi connectivity index (χ1n) is 7.92. The predicted molar refractivity (Wildman–Crippen MR) is 90.0 cm³/mol. The maximum absolute atomic E-state index is 5.22. The maximum Gasteiger partial charge on any atom is 0.00916 e. The number of hydrogen-bond donors (Lipinski definition) is 0. The molecule has 0 radical (unpaired) electrons. The van der Waals surface area contributed by atoms with E-state index in [9.17, 15) is 0 Å². The van der Waals surface area contributed by atoms with Crippen LogP contribution in [0.5, 0.6) is 0 Å². The summed E-state index contributed by atoms with van der Waals surface area (Å²) in [6.07, 6.45) is 28.3. The van der Waals surface area contributed by atoms with Crippen LogP contribution in [0.2, 0.25) is 0 Å². The van der Waals surface area contributed by atoms with Gasteiger partial charge in [-0.15, -0.1) is 30.6 Å². The van der Waals surface area contributed by atoms with Gasteiger partial charge in [0.25, 0.3) is 0 Å². The topological polar surface area (TPSA) is 0 Å². The largest absolute Gasteiger partial charge is 0.120 e. The Morgan fingerprint density at radius 2 is 1.20 bits per heavy atom. The van der Waals surface area contributed by atoms with Crippen molar-refractivity contribution in [1.29, 1.82) is 0 Å². The summed E-state index contributed by atoms with van der Waals surface area (Å²) in [5, 5.41) is 0. The number of terminal acetylenes is 2. The predicted octanol–water partition coefficient (Wildman–Crippen LogP) is 5.49. The Bertz CT molecular complexity index is 362. The van der Waals surface area contributed by atoms with E-state index in [2.05, 4.69) is 23.7 Å². The van der Waals surface area contributed by atoms with Crippen LogP contribution in [0, 0.1) is 36.5 Å².